The van der Waals surface area contributed by atoms with Gasteiger partial charge in [0.25, 0.3) is 0 Å². The molecule has 1 aliphatic rings. The van der Waals surface area contributed by atoms with Crippen LogP contribution in [0.5, 0.6) is 0 Å². The summed E-state index contributed by atoms with van der Waals surface area (Å²) in [6, 6.07) is 11.7. The van der Waals surface area contributed by atoms with Crippen molar-refractivity contribution in [1.29, 1.82) is 0 Å². The zero-order valence-electron chi connectivity index (χ0n) is 16.2. The molecule has 162 valence electrons. The fourth-order valence-corrected chi connectivity index (χ4v) is 4.33. The fraction of sp³-hybridized carbons (Fsp3) is 0.381. The minimum absolute atomic E-state index is 0.0291. The van der Waals surface area contributed by atoms with Gasteiger partial charge in [0.1, 0.15) is 0 Å². The number of aryl methyl sites for hydroxylation is 1. The third-order valence-corrected chi connectivity index (χ3v) is 6.35. The number of rotatable bonds is 9. The van der Waals surface area contributed by atoms with Gasteiger partial charge in [0.15, 0.2) is 0 Å². The third-order valence-electron chi connectivity index (χ3n) is 4.81. The summed E-state index contributed by atoms with van der Waals surface area (Å²) < 4.78 is 65.8. The molecular weight excluding hydrogens is 417 g/mol. The number of alkyl halides is 3. The zero-order valence-corrected chi connectivity index (χ0v) is 17.0. The summed E-state index contributed by atoms with van der Waals surface area (Å²) in [6.07, 6.45) is -2.06. The second-order valence-corrected chi connectivity index (χ2v) is 9.01. The number of benzene rings is 2. The highest BCUT2D eigenvalue weighted by atomic mass is 32.2. The van der Waals surface area contributed by atoms with Crippen molar-refractivity contribution >= 4 is 15.9 Å². The van der Waals surface area contributed by atoms with Gasteiger partial charge in [0.2, 0.25) is 15.9 Å². The van der Waals surface area contributed by atoms with Crippen LogP contribution in [-0.4, -0.2) is 26.9 Å². The van der Waals surface area contributed by atoms with Crippen LogP contribution in [0.3, 0.4) is 0 Å². The number of carbonyl (C=O) groups excluding carboxylic acids is 1. The molecular formula is C21H23F3N2O3S. The average Bonchev–Trinajstić information content (AvgIpc) is 3.49. The van der Waals surface area contributed by atoms with Crippen molar-refractivity contribution in [2.75, 3.05) is 6.54 Å². The number of hydrogen-bond donors (Lipinski definition) is 2. The molecule has 0 heterocycles. The Kier molecular flexibility index (Phi) is 6.82. The third kappa shape index (κ3) is 6.30. The van der Waals surface area contributed by atoms with E-state index in [1.807, 2.05) is 0 Å². The number of halogens is 3. The second-order valence-electron chi connectivity index (χ2n) is 7.29. The van der Waals surface area contributed by atoms with Crippen LogP contribution in [0, 0.1) is 0 Å². The highest BCUT2D eigenvalue weighted by molar-refractivity contribution is 7.89. The Hall–Kier alpha value is -2.39. The predicted molar refractivity (Wildman–Crippen MR) is 106 cm³/mol. The Morgan fingerprint density at radius 1 is 1.00 bits per heavy atom. The molecule has 2 aromatic carbocycles. The summed E-state index contributed by atoms with van der Waals surface area (Å²) in [5.74, 6) is -0.272. The molecule has 0 radical (unpaired) electrons. The largest absolute Gasteiger partial charge is 0.416 e. The monoisotopic (exact) mass is 440 g/mol. The lowest BCUT2D eigenvalue weighted by Crippen LogP contribution is -2.26. The fourth-order valence-electron chi connectivity index (χ4n) is 3.02. The minimum atomic E-state index is -4.42. The lowest BCUT2D eigenvalue weighted by molar-refractivity contribution is -0.138. The predicted octanol–water partition coefficient (Wildman–Crippen LogP) is 3.44. The quantitative estimate of drug-likeness (QED) is 0.627. The van der Waals surface area contributed by atoms with Crippen LogP contribution in [0.15, 0.2) is 53.4 Å². The van der Waals surface area contributed by atoms with Crippen LogP contribution in [0.4, 0.5) is 13.2 Å². The van der Waals surface area contributed by atoms with Gasteiger partial charge in [-0.3, -0.25) is 4.79 Å². The molecule has 9 heteroatoms. The van der Waals surface area contributed by atoms with Gasteiger partial charge in [-0.05, 0) is 55.0 Å². The van der Waals surface area contributed by atoms with Gasteiger partial charge >= 0.3 is 6.18 Å². The molecule has 1 aliphatic carbocycles. The molecule has 2 N–H and O–H groups in total. The summed E-state index contributed by atoms with van der Waals surface area (Å²) in [7, 11) is -3.51. The molecule has 0 unspecified atom stereocenters. The summed E-state index contributed by atoms with van der Waals surface area (Å²) in [4.78, 5) is 12.2. The number of nitrogens with one attached hydrogen (secondary N) is 2. The Morgan fingerprint density at radius 3 is 2.30 bits per heavy atom. The topological polar surface area (TPSA) is 75.3 Å². The van der Waals surface area contributed by atoms with E-state index in [1.165, 1.54) is 30.3 Å². The van der Waals surface area contributed by atoms with Crippen molar-refractivity contribution in [2.24, 2.45) is 0 Å². The van der Waals surface area contributed by atoms with Gasteiger partial charge in [-0.15, -0.1) is 0 Å². The van der Waals surface area contributed by atoms with Gasteiger partial charge in [-0.2, -0.15) is 13.2 Å². The zero-order chi connectivity index (χ0) is 21.8. The van der Waals surface area contributed by atoms with E-state index in [0.717, 1.165) is 24.5 Å². The molecule has 30 heavy (non-hydrogen) atoms. The Bertz CT molecular complexity index is 985. The lowest BCUT2D eigenvalue weighted by atomic mass is 10.0. The van der Waals surface area contributed by atoms with E-state index in [9.17, 15) is 26.4 Å². The number of carbonyl (C=O) groups is 1. The average molecular weight is 440 g/mol. The molecule has 1 amide bonds. The molecule has 1 saturated carbocycles. The molecule has 0 saturated heterocycles. The van der Waals surface area contributed by atoms with Gasteiger partial charge in [0.05, 0.1) is 10.5 Å². The molecule has 0 aromatic heterocycles. The highest BCUT2D eigenvalue weighted by Gasteiger charge is 2.32. The molecule has 0 aliphatic heterocycles. The maximum atomic E-state index is 13.0. The van der Waals surface area contributed by atoms with Crippen LogP contribution in [0.1, 0.15) is 36.0 Å². The van der Waals surface area contributed by atoms with Crippen LogP contribution < -0.4 is 10.0 Å². The summed E-state index contributed by atoms with van der Waals surface area (Å²) in [5.41, 5.74) is 0.255. The van der Waals surface area contributed by atoms with Crippen molar-refractivity contribution < 1.29 is 26.4 Å². The standard InChI is InChI=1S/C21H23F3N2O3S/c22-21(23,24)19-4-2-1-3-16(19)13-14-25-20(27)12-7-15-5-10-18(11-6-15)30(28,29)26-17-8-9-17/h1-6,10-11,17,26H,7-9,12-14H2,(H,25,27). The van der Waals surface area contributed by atoms with E-state index in [2.05, 4.69) is 10.0 Å². The van der Waals surface area contributed by atoms with Crippen molar-refractivity contribution in [1.82, 2.24) is 10.0 Å². The summed E-state index contributed by atoms with van der Waals surface area (Å²) >= 11 is 0. The van der Waals surface area contributed by atoms with Gasteiger partial charge in [-0.1, -0.05) is 30.3 Å². The van der Waals surface area contributed by atoms with Crippen LogP contribution >= 0.6 is 0 Å². The second kappa shape index (κ2) is 9.18. The van der Waals surface area contributed by atoms with E-state index in [1.54, 1.807) is 12.1 Å². The molecule has 0 atom stereocenters. The number of hydrogen-bond acceptors (Lipinski definition) is 3. The first kappa shape index (κ1) is 22.3. The SMILES string of the molecule is O=C(CCc1ccc(S(=O)(=O)NC2CC2)cc1)NCCc1ccccc1C(F)(F)F. The van der Waals surface area contributed by atoms with Crippen molar-refractivity contribution in [3.8, 4) is 0 Å². The van der Waals surface area contributed by atoms with Crippen molar-refractivity contribution in [2.45, 2.75) is 49.2 Å². The van der Waals surface area contributed by atoms with E-state index < -0.39 is 21.8 Å². The van der Waals surface area contributed by atoms with Crippen molar-refractivity contribution in [3.63, 3.8) is 0 Å². The Balaban J connectivity index is 1.45. The van der Waals surface area contributed by atoms with Crippen LogP contribution in [0.2, 0.25) is 0 Å². The summed E-state index contributed by atoms with van der Waals surface area (Å²) in [5, 5.41) is 2.63. The van der Waals surface area contributed by atoms with Crippen LogP contribution in [-0.2, 0) is 33.8 Å². The first-order valence-electron chi connectivity index (χ1n) is 9.68. The number of sulfonamides is 1. The lowest BCUT2D eigenvalue weighted by Gasteiger charge is -2.13. The summed E-state index contributed by atoms with van der Waals surface area (Å²) in [6.45, 7) is 0.107. The smallest absolute Gasteiger partial charge is 0.356 e. The minimum Gasteiger partial charge on any atom is -0.356 e. The van der Waals surface area contributed by atoms with Crippen molar-refractivity contribution in [3.05, 3.63) is 65.2 Å². The van der Waals surface area contributed by atoms with Gasteiger partial charge in [-0.25, -0.2) is 13.1 Å². The number of amides is 1. The molecule has 2 aromatic rings. The molecule has 1 fully saturated rings. The Morgan fingerprint density at radius 2 is 1.67 bits per heavy atom. The van der Waals surface area contributed by atoms with E-state index >= 15 is 0 Å². The first-order valence-corrected chi connectivity index (χ1v) is 11.2. The normalized spacial score (nSPS) is 14.5. The molecule has 5 nitrogen and oxygen atoms in total. The van der Waals surface area contributed by atoms with Crippen LogP contribution in [0.25, 0.3) is 0 Å². The maximum Gasteiger partial charge on any atom is 0.416 e. The van der Waals surface area contributed by atoms with E-state index in [0.29, 0.717) is 6.42 Å². The van der Waals surface area contributed by atoms with Gasteiger partial charge in [0, 0.05) is 19.0 Å². The van der Waals surface area contributed by atoms with Gasteiger partial charge < -0.3 is 5.32 Å². The molecule has 0 bridgehead atoms. The van der Waals surface area contributed by atoms with E-state index in [-0.39, 0.29) is 41.8 Å². The maximum absolute atomic E-state index is 13.0. The molecule has 0 spiro atoms. The highest BCUT2D eigenvalue weighted by Crippen LogP contribution is 2.31. The van der Waals surface area contributed by atoms with E-state index in [4.69, 9.17) is 0 Å². The first-order chi connectivity index (χ1) is 14.1. The Labute approximate surface area is 173 Å². The molecule has 3 rings (SSSR count).